The van der Waals surface area contributed by atoms with E-state index < -0.39 is 10.0 Å². The lowest BCUT2D eigenvalue weighted by Gasteiger charge is -2.31. The van der Waals surface area contributed by atoms with Crippen LogP contribution in [0, 0.1) is 6.92 Å². The van der Waals surface area contributed by atoms with Gasteiger partial charge in [0.05, 0.1) is 5.75 Å². The molecule has 0 atom stereocenters. The standard InChI is InChI=1S/C14H21NO2S.C2H6/c1-3-18(16,17)15-9-7-13(8-10-15)14-6-4-5-12(2)11-14;1-2/h4-6,11,13H,3,7-10H2,1-2H3;1-2H3. The van der Waals surface area contributed by atoms with Gasteiger partial charge >= 0.3 is 0 Å². The summed E-state index contributed by atoms with van der Waals surface area (Å²) in [6.07, 6.45) is 1.87. The van der Waals surface area contributed by atoms with Crippen LogP contribution in [0.15, 0.2) is 24.3 Å². The molecule has 0 unspecified atom stereocenters. The van der Waals surface area contributed by atoms with E-state index in [1.807, 2.05) is 13.8 Å². The lowest BCUT2D eigenvalue weighted by atomic mass is 9.89. The molecular weight excluding hydrogens is 270 g/mol. The zero-order chi connectivity index (χ0) is 15.2. The molecule has 3 nitrogen and oxygen atoms in total. The molecule has 1 aliphatic heterocycles. The van der Waals surface area contributed by atoms with Crippen molar-refractivity contribution in [3.05, 3.63) is 35.4 Å². The minimum atomic E-state index is -3.00. The molecule has 0 aliphatic carbocycles. The first kappa shape index (κ1) is 17.2. The number of sulfonamides is 1. The smallest absolute Gasteiger partial charge is 0.212 e. The van der Waals surface area contributed by atoms with Crippen LogP contribution < -0.4 is 0 Å². The third-order valence-corrected chi connectivity index (χ3v) is 5.61. The minimum absolute atomic E-state index is 0.210. The van der Waals surface area contributed by atoms with Crippen molar-refractivity contribution < 1.29 is 8.42 Å². The number of benzene rings is 1. The summed E-state index contributed by atoms with van der Waals surface area (Å²) in [6, 6.07) is 8.55. The summed E-state index contributed by atoms with van der Waals surface area (Å²) < 4.78 is 25.2. The summed E-state index contributed by atoms with van der Waals surface area (Å²) in [5, 5.41) is 0. The number of nitrogens with zero attached hydrogens (tertiary/aromatic N) is 1. The normalized spacial score (nSPS) is 17.4. The van der Waals surface area contributed by atoms with Crippen LogP contribution in [0.4, 0.5) is 0 Å². The highest BCUT2D eigenvalue weighted by Gasteiger charge is 2.27. The van der Waals surface area contributed by atoms with E-state index in [9.17, 15) is 8.42 Å². The lowest BCUT2D eigenvalue weighted by Crippen LogP contribution is -2.38. The summed E-state index contributed by atoms with van der Waals surface area (Å²) in [5.41, 5.74) is 2.62. The highest BCUT2D eigenvalue weighted by atomic mass is 32.2. The molecule has 1 aromatic carbocycles. The van der Waals surface area contributed by atoms with Crippen molar-refractivity contribution in [2.24, 2.45) is 0 Å². The van der Waals surface area contributed by atoms with Gasteiger partial charge in [0.25, 0.3) is 0 Å². The Bertz CT molecular complexity index is 503. The van der Waals surface area contributed by atoms with Gasteiger partial charge in [-0.05, 0) is 38.2 Å². The highest BCUT2D eigenvalue weighted by molar-refractivity contribution is 7.89. The Labute approximate surface area is 124 Å². The Kier molecular flexibility index (Phi) is 6.69. The molecule has 1 saturated heterocycles. The van der Waals surface area contributed by atoms with Crippen LogP contribution in [0.3, 0.4) is 0 Å². The first-order valence-electron chi connectivity index (χ1n) is 7.57. The van der Waals surface area contributed by atoms with Crippen molar-refractivity contribution >= 4 is 10.0 Å². The van der Waals surface area contributed by atoms with Crippen molar-refractivity contribution in [1.29, 1.82) is 0 Å². The number of aryl methyl sites for hydroxylation is 1. The third-order valence-electron chi connectivity index (χ3n) is 3.73. The number of hydrogen-bond donors (Lipinski definition) is 0. The van der Waals surface area contributed by atoms with Gasteiger partial charge in [-0.15, -0.1) is 0 Å². The van der Waals surface area contributed by atoms with E-state index in [-0.39, 0.29) is 5.75 Å². The summed E-state index contributed by atoms with van der Waals surface area (Å²) in [6.45, 7) is 9.13. The van der Waals surface area contributed by atoms with E-state index in [0.717, 1.165) is 12.8 Å². The van der Waals surface area contributed by atoms with Gasteiger partial charge in [0.15, 0.2) is 0 Å². The molecule has 1 fully saturated rings. The number of piperidine rings is 1. The van der Waals surface area contributed by atoms with Crippen molar-refractivity contribution in [3.8, 4) is 0 Å². The molecule has 2 rings (SSSR count). The van der Waals surface area contributed by atoms with Crippen molar-refractivity contribution in [2.45, 2.75) is 46.5 Å². The van der Waals surface area contributed by atoms with E-state index in [1.165, 1.54) is 11.1 Å². The average molecular weight is 297 g/mol. The maximum atomic E-state index is 11.8. The topological polar surface area (TPSA) is 37.4 Å². The van der Waals surface area contributed by atoms with Crippen LogP contribution in [-0.4, -0.2) is 31.6 Å². The van der Waals surface area contributed by atoms with E-state index in [2.05, 4.69) is 31.2 Å². The molecule has 0 radical (unpaired) electrons. The van der Waals surface area contributed by atoms with Gasteiger partial charge in [0, 0.05) is 13.1 Å². The van der Waals surface area contributed by atoms with Crippen LogP contribution in [0.1, 0.15) is 50.7 Å². The predicted octanol–water partition coefficient (Wildman–Crippen LogP) is 3.55. The second-order valence-electron chi connectivity index (χ2n) is 4.99. The molecular formula is C16H27NO2S. The fourth-order valence-corrected chi connectivity index (χ4v) is 3.71. The van der Waals surface area contributed by atoms with Crippen LogP contribution in [-0.2, 0) is 10.0 Å². The molecule has 114 valence electrons. The summed E-state index contributed by atoms with van der Waals surface area (Å²) in [5.74, 6) is 0.718. The Balaban J connectivity index is 0.000000956. The first-order valence-corrected chi connectivity index (χ1v) is 9.18. The third kappa shape index (κ3) is 4.32. The number of hydrogen-bond acceptors (Lipinski definition) is 2. The largest absolute Gasteiger partial charge is 0.213 e. The maximum Gasteiger partial charge on any atom is 0.213 e. The van der Waals surface area contributed by atoms with E-state index in [4.69, 9.17) is 0 Å². The van der Waals surface area contributed by atoms with E-state index in [0.29, 0.717) is 19.0 Å². The fourth-order valence-electron chi connectivity index (χ4n) is 2.57. The first-order chi connectivity index (χ1) is 9.53. The Morgan fingerprint density at radius 1 is 1.20 bits per heavy atom. The predicted molar refractivity (Wildman–Crippen MR) is 85.5 cm³/mol. The maximum absolute atomic E-state index is 11.8. The molecule has 1 heterocycles. The highest BCUT2D eigenvalue weighted by Crippen LogP contribution is 2.29. The molecule has 0 spiro atoms. The summed E-state index contributed by atoms with van der Waals surface area (Å²) in [4.78, 5) is 0. The van der Waals surface area contributed by atoms with E-state index >= 15 is 0 Å². The van der Waals surface area contributed by atoms with Gasteiger partial charge in [-0.1, -0.05) is 43.7 Å². The minimum Gasteiger partial charge on any atom is -0.212 e. The van der Waals surface area contributed by atoms with Gasteiger partial charge in [-0.3, -0.25) is 0 Å². The van der Waals surface area contributed by atoms with Gasteiger partial charge in [0.2, 0.25) is 10.0 Å². The molecule has 1 aromatic rings. The second kappa shape index (κ2) is 7.79. The van der Waals surface area contributed by atoms with Crippen LogP contribution in [0.25, 0.3) is 0 Å². The Morgan fingerprint density at radius 2 is 1.80 bits per heavy atom. The van der Waals surface area contributed by atoms with Crippen LogP contribution >= 0.6 is 0 Å². The van der Waals surface area contributed by atoms with Crippen LogP contribution in [0.5, 0.6) is 0 Å². The van der Waals surface area contributed by atoms with Gasteiger partial charge in [-0.25, -0.2) is 12.7 Å². The fraction of sp³-hybridized carbons (Fsp3) is 0.625. The SMILES string of the molecule is CC.CCS(=O)(=O)N1CCC(c2cccc(C)c2)CC1. The summed E-state index contributed by atoms with van der Waals surface area (Å²) >= 11 is 0. The Morgan fingerprint density at radius 3 is 2.30 bits per heavy atom. The van der Waals surface area contributed by atoms with Crippen molar-refractivity contribution in [3.63, 3.8) is 0 Å². The number of rotatable bonds is 3. The molecule has 0 amide bonds. The van der Waals surface area contributed by atoms with Crippen molar-refractivity contribution in [2.75, 3.05) is 18.8 Å². The average Bonchev–Trinajstić information content (AvgIpc) is 2.49. The molecule has 0 bridgehead atoms. The quantitative estimate of drug-likeness (QED) is 0.855. The van der Waals surface area contributed by atoms with Gasteiger partial charge < -0.3 is 0 Å². The summed E-state index contributed by atoms with van der Waals surface area (Å²) in [7, 11) is -3.00. The van der Waals surface area contributed by atoms with Gasteiger partial charge in [-0.2, -0.15) is 0 Å². The molecule has 0 aromatic heterocycles. The molecule has 0 N–H and O–H groups in total. The second-order valence-corrected chi connectivity index (χ2v) is 7.25. The monoisotopic (exact) mass is 297 g/mol. The molecule has 4 heteroatoms. The lowest BCUT2D eigenvalue weighted by molar-refractivity contribution is 0.320. The Hall–Kier alpha value is -0.870. The zero-order valence-electron chi connectivity index (χ0n) is 13.1. The molecule has 20 heavy (non-hydrogen) atoms. The molecule has 0 saturated carbocycles. The molecule has 1 aliphatic rings. The zero-order valence-corrected chi connectivity index (χ0v) is 13.9. The van der Waals surface area contributed by atoms with Crippen LogP contribution in [0.2, 0.25) is 0 Å². The van der Waals surface area contributed by atoms with Gasteiger partial charge in [0.1, 0.15) is 0 Å². The van der Waals surface area contributed by atoms with Crippen molar-refractivity contribution in [1.82, 2.24) is 4.31 Å². The van der Waals surface area contributed by atoms with E-state index in [1.54, 1.807) is 11.2 Å².